The fourth-order valence-electron chi connectivity index (χ4n) is 1.64. The topological polar surface area (TPSA) is 65.0 Å². The van der Waals surface area contributed by atoms with Crippen molar-refractivity contribution in [3.8, 4) is 5.75 Å². The SMILES string of the molecule is COCCOCC(O)COc1ccc(C)cc1C(C)=O. The van der Waals surface area contributed by atoms with Crippen molar-refractivity contribution < 1.29 is 24.1 Å². The van der Waals surface area contributed by atoms with Crippen LogP contribution < -0.4 is 4.74 Å². The Morgan fingerprint density at radius 2 is 2.05 bits per heavy atom. The summed E-state index contributed by atoms with van der Waals surface area (Å²) >= 11 is 0. The van der Waals surface area contributed by atoms with E-state index in [9.17, 15) is 9.90 Å². The van der Waals surface area contributed by atoms with Crippen molar-refractivity contribution in [2.24, 2.45) is 0 Å². The Labute approximate surface area is 119 Å². The van der Waals surface area contributed by atoms with E-state index in [1.807, 2.05) is 13.0 Å². The van der Waals surface area contributed by atoms with Crippen LogP contribution in [0.5, 0.6) is 5.75 Å². The molecule has 0 fully saturated rings. The largest absolute Gasteiger partial charge is 0.490 e. The van der Waals surface area contributed by atoms with Crippen LogP contribution in [0.25, 0.3) is 0 Å². The number of methoxy groups -OCH3 is 1. The van der Waals surface area contributed by atoms with E-state index >= 15 is 0 Å². The highest BCUT2D eigenvalue weighted by Gasteiger charge is 2.11. The molecule has 0 aliphatic heterocycles. The molecule has 1 rings (SSSR count). The minimum atomic E-state index is -0.743. The van der Waals surface area contributed by atoms with Crippen LogP contribution in [0.15, 0.2) is 18.2 Å². The maximum atomic E-state index is 11.5. The van der Waals surface area contributed by atoms with Gasteiger partial charge >= 0.3 is 0 Å². The normalized spacial score (nSPS) is 12.2. The molecule has 0 saturated heterocycles. The monoisotopic (exact) mass is 282 g/mol. The quantitative estimate of drug-likeness (QED) is 0.550. The number of rotatable bonds is 9. The van der Waals surface area contributed by atoms with Crippen LogP contribution in [0, 0.1) is 6.92 Å². The van der Waals surface area contributed by atoms with Gasteiger partial charge in [-0.15, -0.1) is 0 Å². The average Bonchev–Trinajstić information content (AvgIpc) is 2.42. The summed E-state index contributed by atoms with van der Waals surface area (Å²) in [4.78, 5) is 11.5. The summed E-state index contributed by atoms with van der Waals surface area (Å²) in [6, 6.07) is 5.38. The van der Waals surface area contributed by atoms with E-state index in [2.05, 4.69) is 0 Å². The second-order valence-electron chi connectivity index (χ2n) is 4.59. The van der Waals surface area contributed by atoms with Gasteiger partial charge in [0.2, 0.25) is 0 Å². The van der Waals surface area contributed by atoms with Gasteiger partial charge in [-0.25, -0.2) is 0 Å². The molecule has 112 valence electrons. The van der Waals surface area contributed by atoms with E-state index in [1.54, 1.807) is 19.2 Å². The Morgan fingerprint density at radius 1 is 1.30 bits per heavy atom. The second-order valence-corrected chi connectivity index (χ2v) is 4.59. The number of Topliss-reactive ketones (excluding diaryl/α,β-unsaturated/α-hetero) is 1. The van der Waals surface area contributed by atoms with Crippen LogP contribution in [0.2, 0.25) is 0 Å². The molecule has 0 saturated carbocycles. The lowest BCUT2D eigenvalue weighted by Crippen LogP contribution is -2.24. The number of aryl methyl sites for hydroxylation is 1. The van der Waals surface area contributed by atoms with Crippen molar-refractivity contribution in [1.29, 1.82) is 0 Å². The predicted molar refractivity (Wildman–Crippen MR) is 75.4 cm³/mol. The Hall–Kier alpha value is -1.43. The van der Waals surface area contributed by atoms with E-state index in [1.165, 1.54) is 6.92 Å². The molecule has 0 radical (unpaired) electrons. The molecular formula is C15H22O5. The zero-order valence-corrected chi connectivity index (χ0v) is 12.2. The zero-order valence-electron chi connectivity index (χ0n) is 12.2. The number of carbonyl (C=O) groups excluding carboxylic acids is 1. The van der Waals surface area contributed by atoms with Crippen LogP contribution in [0.4, 0.5) is 0 Å². The minimum Gasteiger partial charge on any atom is -0.490 e. The summed E-state index contributed by atoms with van der Waals surface area (Å²) in [7, 11) is 1.59. The first-order valence-corrected chi connectivity index (χ1v) is 6.53. The third kappa shape index (κ3) is 5.69. The van der Waals surface area contributed by atoms with Gasteiger partial charge in [-0.1, -0.05) is 11.6 Å². The van der Waals surface area contributed by atoms with Gasteiger partial charge in [0.25, 0.3) is 0 Å². The van der Waals surface area contributed by atoms with Crippen molar-refractivity contribution in [3.63, 3.8) is 0 Å². The first-order chi connectivity index (χ1) is 9.54. The molecule has 20 heavy (non-hydrogen) atoms. The number of hydrogen-bond acceptors (Lipinski definition) is 5. The van der Waals surface area contributed by atoms with Gasteiger partial charge in [0.1, 0.15) is 18.5 Å². The average molecular weight is 282 g/mol. The maximum absolute atomic E-state index is 11.5. The molecule has 0 heterocycles. The lowest BCUT2D eigenvalue weighted by atomic mass is 10.1. The molecular weight excluding hydrogens is 260 g/mol. The molecule has 1 aromatic rings. The van der Waals surface area contributed by atoms with Crippen molar-refractivity contribution in [2.45, 2.75) is 20.0 Å². The van der Waals surface area contributed by atoms with Crippen LogP contribution >= 0.6 is 0 Å². The molecule has 0 amide bonds. The number of hydrogen-bond donors (Lipinski definition) is 1. The number of aliphatic hydroxyl groups is 1. The third-order valence-electron chi connectivity index (χ3n) is 2.69. The van der Waals surface area contributed by atoms with Gasteiger partial charge in [0, 0.05) is 7.11 Å². The molecule has 0 aliphatic carbocycles. The Balaban J connectivity index is 2.46. The lowest BCUT2D eigenvalue weighted by Gasteiger charge is -2.14. The summed E-state index contributed by atoms with van der Waals surface area (Å²) in [6.45, 7) is 4.57. The van der Waals surface area contributed by atoms with Gasteiger partial charge in [-0.2, -0.15) is 0 Å². The standard InChI is InChI=1S/C15H22O5/c1-11-4-5-15(14(8-11)12(2)16)20-10-13(17)9-19-7-6-18-3/h4-5,8,13,17H,6-7,9-10H2,1-3H3. The first kappa shape index (κ1) is 16.6. The fourth-order valence-corrected chi connectivity index (χ4v) is 1.64. The van der Waals surface area contributed by atoms with E-state index in [0.29, 0.717) is 24.5 Å². The van der Waals surface area contributed by atoms with Gasteiger partial charge in [-0.3, -0.25) is 4.79 Å². The van der Waals surface area contributed by atoms with Gasteiger partial charge in [-0.05, 0) is 26.0 Å². The van der Waals surface area contributed by atoms with Crippen LogP contribution in [0.3, 0.4) is 0 Å². The lowest BCUT2D eigenvalue weighted by molar-refractivity contribution is -0.00429. The number of carbonyl (C=O) groups is 1. The van der Waals surface area contributed by atoms with E-state index in [0.717, 1.165) is 5.56 Å². The molecule has 0 aromatic heterocycles. The maximum Gasteiger partial charge on any atom is 0.163 e. The Morgan fingerprint density at radius 3 is 2.70 bits per heavy atom. The molecule has 0 spiro atoms. The number of ether oxygens (including phenoxy) is 3. The van der Waals surface area contributed by atoms with Crippen molar-refractivity contribution in [1.82, 2.24) is 0 Å². The number of ketones is 1. The van der Waals surface area contributed by atoms with Crippen molar-refractivity contribution >= 4 is 5.78 Å². The highest BCUT2D eigenvalue weighted by atomic mass is 16.5. The highest BCUT2D eigenvalue weighted by molar-refractivity contribution is 5.97. The molecule has 5 heteroatoms. The third-order valence-corrected chi connectivity index (χ3v) is 2.69. The highest BCUT2D eigenvalue weighted by Crippen LogP contribution is 2.20. The minimum absolute atomic E-state index is 0.0606. The van der Waals surface area contributed by atoms with Gasteiger partial charge in [0.15, 0.2) is 5.78 Å². The summed E-state index contributed by atoms with van der Waals surface area (Å²) in [5, 5.41) is 9.72. The molecule has 0 bridgehead atoms. The zero-order chi connectivity index (χ0) is 15.0. The van der Waals surface area contributed by atoms with E-state index < -0.39 is 6.10 Å². The molecule has 1 N–H and O–H groups in total. The molecule has 1 atom stereocenters. The molecule has 5 nitrogen and oxygen atoms in total. The molecule has 1 unspecified atom stereocenters. The van der Waals surface area contributed by atoms with Gasteiger partial charge in [0.05, 0.1) is 25.4 Å². The smallest absolute Gasteiger partial charge is 0.163 e. The van der Waals surface area contributed by atoms with Gasteiger partial charge < -0.3 is 19.3 Å². The predicted octanol–water partition coefficient (Wildman–Crippen LogP) is 1.60. The number of aliphatic hydroxyl groups excluding tert-OH is 1. The van der Waals surface area contributed by atoms with Crippen LogP contribution in [0.1, 0.15) is 22.8 Å². The Bertz CT molecular complexity index is 430. The summed E-state index contributed by atoms with van der Waals surface area (Å²) in [5.41, 5.74) is 1.52. The first-order valence-electron chi connectivity index (χ1n) is 6.53. The van der Waals surface area contributed by atoms with Crippen LogP contribution in [-0.2, 0) is 9.47 Å². The molecule has 1 aromatic carbocycles. The van der Waals surface area contributed by atoms with Crippen LogP contribution in [-0.4, -0.2) is 50.5 Å². The van der Waals surface area contributed by atoms with Crippen molar-refractivity contribution in [2.75, 3.05) is 33.5 Å². The second kappa shape index (κ2) is 8.68. The van der Waals surface area contributed by atoms with Crippen molar-refractivity contribution in [3.05, 3.63) is 29.3 Å². The summed E-state index contributed by atoms with van der Waals surface area (Å²) in [5.74, 6) is 0.425. The molecule has 0 aliphatic rings. The summed E-state index contributed by atoms with van der Waals surface area (Å²) < 4.78 is 15.5. The van der Waals surface area contributed by atoms with E-state index in [-0.39, 0.29) is 19.0 Å². The summed E-state index contributed by atoms with van der Waals surface area (Å²) in [6.07, 6.45) is -0.743. The number of benzene rings is 1. The Kier molecular flexibility index (Phi) is 7.22. The fraction of sp³-hybridized carbons (Fsp3) is 0.533. The van der Waals surface area contributed by atoms with E-state index in [4.69, 9.17) is 14.2 Å².